The zero-order valence-corrected chi connectivity index (χ0v) is 12.1. The van der Waals surface area contributed by atoms with E-state index < -0.39 is 15.4 Å². The summed E-state index contributed by atoms with van der Waals surface area (Å²) in [5, 5.41) is 1.21. The van der Waals surface area contributed by atoms with Gasteiger partial charge in [0.2, 0.25) is 0 Å². The lowest BCUT2D eigenvalue weighted by Crippen LogP contribution is -2.20. The van der Waals surface area contributed by atoms with Crippen LogP contribution in [0.4, 0.5) is 0 Å². The predicted molar refractivity (Wildman–Crippen MR) is 79.0 cm³/mol. The summed E-state index contributed by atoms with van der Waals surface area (Å²) in [5.41, 5.74) is 0. The Kier molecular flexibility index (Phi) is 4.65. The van der Waals surface area contributed by atoms with Crippen molar-refractivity contribution in [2.24, 2.45) is 0 Å². The smallest absolute Gasteiger partial charge is 0.311 e. The molecule has 0 heterocycles. The minimum atomic E-state index is -3.54. The minimum absolute atomic E-state index is 0. The van der Waals surface area contributed by atoms with Gasteiger partial charge in [-0.05, 0) is 25.3 Å². The molecule has 0 saturated heterocycles. The molecule has 3 nitrogen and oxygen atoms in total. The molecule has 0 aromatic heterocycles. The third kappa shape index (κ3) is 2.97. The molecule has 98 valence electrons. The molecular weight excluding hydrogens is 268 g/mol. The largest absolute Gasteiger partial charge is 0.382 e. The van der Waals surface area contributed by atoms with Gasteiger partial charge in [-0.1, -0.05) is 36.4 Å². The van der Waals surface area contributed by atoms with Gasteiger partial charge in [0.15, 0.2) is 0 Å². The van der Waals surface area contributed by atoms with Gasteiger partial charge in [-0.3, -0.25) is 0 Å². The molecule has 0 spiro atoms. The fraction of sp³-hybridized carbons (Fsp3) is 0.231. The van der Waals surface area contributed by atoms with Gasteiger partial charge in [0, 0.05) is 5.39 Å². The maximum atomic E-state index is 11.7. The highest BCUT2D eigenvalue weighted by molar-refractivity contribution is 7.87. The average molecular weight is 284 g/mol. The van der Waals surface area contributed by atoms with Crippen molar-refractivity contribution < 1.29 is 12.6 Å². The molecule has 0 aliphatic rings. The van der Waals surface area contributed by atoms with E-state index >= 15 is 0 Å². The van der Waals surface area contributed by atoms with E-state index in [0.29, 0.717) is 5.75 Å². The first-order chi connectivity index (χ1) is 8.00. The zero-order chi connectivity index (χ0) is 12.5. The first-order valence-corrected chi connectivity index (χ1v) is 6.89. The van der Waals surface area contributed by atoms with Crippen LogP contribution >= 0.6 is 13.5 Å². The molecule has 0 radical (unpaired) electrons. The van der Waals surface area contributed by atoms with Gasteiger partial charge in [0.1, 0.15) is 5.75 Å². The fourth-order valence-corrected chi connectivity index (χ4v) is 2.08. The van der Waals surface area contributed by atoms with Crippen molar-refractivity contribution in [3.63, 3.8) is 0 Å². The van der Waals surface area contributed by atoms with Gasteiger partial charge in [-0.15, -0.1) is 0 Å². The van der Waals surface area contributed by atoms with Crippen LogP contribution in [0.5, 0.6) is 5.75 Å². The van der Waals surface area contributed by atoms with Crippen molar-refractivity contribution in [3.8, 4) is 5.75 Å². The highest BCUT2D eigenvalue weighted by Gasteiger charge is 2.19. The van der Waals surface area contributed by atoms with Crippen molar-refractivity contribution in [1.82, 2.24) is 0 Å². The van der Waals surface area contributed by atoms with Crippen molar-refractivity contribution >= 4 is 34.4 Å². The molecule has 0 atom stereocenters. The number of hydrogen-bond acceptors (Lipinski definition) is 3. The van der Waals surface area contributed by atoms with E-state index in [1.165, 1.54) is 0 Å². The first-order valence-electron chi connectivity index (χ1n) is 5.42. The summed E-state index contributed by atoms with van der Waals surface area (Å²) in [4.78, 5) is 0. The summed E-state index contributed by atoms with van der Waals surface area (Å²) >= 11 is 0. The molecule has 5 heteroatoms. The summed E-state index contributed by atoms with van der Waals surface area (Å²) < 4.78 is 28.6. The third-order valence-corrected chi connectivity index (χ3v) is 4.10. The minimum Gasteiger partial charge on any atom is -0.382 e. The SMILES string of the molecule is CC(C)S(=O)(=O)Oc1cccc2ccccc12.S. The highest BCUT2D eigenvalue weighted by Crippen LogP contribution is 2.26. The maximum Gasteiger partial charge on any atom is 0.311 e. The van der Waals surface area contributed by atoms with Crippen LogP contribution in [0, 0.1) is 0 Å². The van der Waals surface area contributed by atoms with Gasteiger partial charge in [0.05, 0.1) is 5.25 Å². The maximum absolute atomic E-state index is 11.7. The second-order valence-electron chi connectivity index (χ2n) is 4.10. The standard InChI is InChI=1S/C13H14O3S.H2S/c1-10(2)17(14,15)16-13-9-5-7-11-6-3-4-8-12(11)13;/h3-10H,1-2H3;1H2. The second kappa shape index (κ2) is 5.63. The molecule has 2 aromatic carbocycles. The van der Waals surface area contributed by atoms with E-state index in [-0.39, 0.29) is 13.5 Å². The highest BCUT2D eigenvalue weighted by atomic mass is 32.2. The van der Waals surface area contributed by atoms with Crippen molar-refractivity contribution in [2.45, 2.75) is 19.1 Å². The molecule has 2 rings (SSSR count). The van der Waals surface area contributed by atoms with E-state index in [0.717, 1.165) is 10.8 Å². The normalized spacial score (nSPS) is 11.3. The molecule has 0 saturated carbocycles. The molecule has 0 unspecified atom stereocenters. The second-order valence-corrected chi connectivity index (χ2v) is 6.20. The van der Waals surface area contributed by atoms with Crippen LogP contribution in [0.2, 0.25) is 0 Å². The van der Waals surface area contributed by atoms with Crippen molar-refractivity contribution in [3.05, 3.63) is 42.5 Å². The Morgan fingerprint density at radius 2 is 1.61 bits per heavy atom. The van der Waals surface area contributed by atoms with Crippen LogP contribution in [0.25, 0.3) is 10.8 Å². The average Bonchev–Trinajstić information content (AvgIpc) is 2.29. The van der Waals surface area contributed by atoms with Crippen molar-refractivity contribution in [1.29, 1.82) is 0 Å². The zero-order valence-electron chi connectivity index (χ0n) is 10.3. The molecule has 0 aliphatic heterocycles. The number of rotatable bonds is 3. The van der Waals surface area contributed by atoms with E-state index in [1.807, 2.05) is 30.3 Å². The van der Waals surface area contributed by atoms with Gasteiger partial charge < -0.3 is 4.18 Å². The fourth-order valence-electron chi connectivity index (χ4n) is 1.49. The van der Waals surface area contributed by atoms with Gasteiger partial charge in [-0.2, -0.15) is 21.9 Å². The van der Waals surface area contributed by atoms with Crippen LogP contribution in [-0.4, -0.2) is 13.7 Å². The Balaban J connectivity index is 0.00000162. The Bertz CT molecular complexity index is 628. The Labute approximate surface area is 114 Å². The van der Waals surface area contributed by atoms with Gasteiger partial charge >= 0.3 is 10.1 Å². The molecular formula is C13H16O3S2. The molecule has 18 heavy (non-hydrogen) atoms. The Hall–Kier alpha value is -1.20. The van der Waals surface area contributed by atoms with Crippen molar-refractivity contribution in [2.75, 3.05) is 0 Å². The topological polar surface area (TPSA) is 43.4 Å². The molecule has 0 N–H and O–H groups in total. The summed E-state index contributed by atoms with van der Waals surface area (Å²) in [5.74, 6) is 0.386. The molecule has 0 fully saturated rings. The summed E-state index contributed by atoms with van der Waals surface area (Å²) in [7, 11) is -3.54. The number of benzene rings is 2. The monoisotopic (exact) mass is 284 g/mol. The molecule has 0 aliphatic carbocycles. The molecule has 0 amide bonds. The number of hydrogen-bond donors (Lipinski definition) is 0. The lowest BCUT2D eigenvalue weighted by molar-refractivity contribution is 0.479. The van der Waals surface area contributed by atoms with E-state index in [4.69, 9.17) is 4.18 Å². The van der Waals surface area contributed by atoms with Crippen LogP contribution in [0.1, 0.15) is 13.8 Å². The summed E-state index contributed by atoms with van der Waals surface area (Å²) in [6, 6.07) is 12.9. The first kappa shape index (κ1) is 14.9. The Morgan fingerprint density at radius 3 is 2.28 bits per heavy atom. The lowest BCUT2D eigenvalue weighted by atomic mass is 10.1. The lowest BCUT2D eigenvalue weighted by Gasteiger charge is -2.11. The summed E-state index contributed by atoms with van der Waals surface area (Å²) in [6.45, 7) is 3.20. The van der Waals surface area contributed by atoms with Gasteiger partial charge in [-0.25, -0.2) is 0 Å². The third-order valence-electron chi connectivity index (χ3n) is 2.53. The van der Waals surface area contributed by atoms with Crippen LogP contribution in [-0.2, 0) is 10.1 Å². The number of fused-ring (bicyclic) bond motifs is 1. The van der Waals surface area contributed by atoms with Crippen LogP contribution < -0.4 is 4.18 Å². The predicted octanol–water partition coefficient (Wildman–Crippen LogP) is 3.07. The Morgan fingerprint density at radius 1 is 1.00 bits per heavy atom. The quantitative estimate of drug-likeness (QED) is 0.814. The van der Waals surface area contributed by atoms with E-state index in [9.17, 15) is 8.42 Å². The molecule has 0 bridgehead atoms. The van der Waals surface area contributed by atoms with E-state index in [1.54, 1.807) is 26.0 Å². The van der Waals surface area contributed by atoms with Crippen LogP contribution in [0.15, 0.2) is 42.5 Å². The van der Waals surface area contributed by atoms with Crippen LogP contribution in [0.3, 0.4) is 0 Å². The molecule has 2 aromatic rings. The summed E-state index contributed by atoms with van der Waals surface area (Å²) in [6.07, 6.45) is 0. The van der Waals surface area contributed by atoms with Gasteiger partial charge in [0.25, 0.3) is 0 Å². The van der Waals surface area contributed by atoms with E-state index in [2.05, 4.69) is 0 Å².